The number of carbonyl (C=O) groups is 1. The third-order valence-electron chi connectivity index (χ3n) is 5.58. The summed E-state index contributed by atoms with van der Waals surface area (Å²) >= 11 is 5.95. The minimum absolute atomic E-state index is 0.00307. The van der Waals surface area contributed by atoms with Gasteiger partial charge in [0.1, 0.15) is 0 Å². The van der Waals surface area contributed by atoms with E-state index in [9.17, 15) is 26.4 Å². The van der Waals surface area contributed by atoms with E-state index >= 15 is 0 Å². The number of alkyl halides is 3. The summed E-state index contributed by atoms with van der Waals surface area (Å²) in [4.78, 5) is 12.9. The van der Waals surface area contributed by atoms with Gasteiger partial charge in [-0.3, -0.25) is 4.79 Å². The van der Waals surface area contributed by atoms with E-state index in [2.05, 4.69) is 5.32 Å². The van der Waals surface area contributed by atoms with Crippen LogP contribution in [0.3, 0.4) is 0 Å². The maximum Gasteiger partial charge on any atom is 0.416 e. The number of amides is 1. The van der Waals surface area contributed by atoms with E-state index in [4.69, 9.17) is 11.6 Å². The Balaban J connectivity index is 1.71. The number of carbonyl (C=O) groups excluding carboxylic acids is 1. The largest absolute Gasteiger partial charge is 0.416 e. The second-order valence-corrected chi connectivity index (χ2v) is 10.4. The molecule has 1 amide bonds. The third kappa shape index (κ3) is 5.10. The lowest BCUT2D eigenvalue weighted by Gasteiger charge is -2.31. The average Bonchev–Trinajstić information content (AvgIpc) is 2.67. The van der Waals surface area contributed by atoms with Crippen LogP contribution >= 0.6 is 11.6 Å². The van der Waals surface area contributed by atoms with E-state index in [0.29, 0.717) is 11.1 Å². The first kappa shape index (κ1) is 24.5. The zero-order valence-electron chi connectivity index (χ0n) is 17.9. The molecule has 1 fully saturated rings. The molecular formula is C22H24ClF3N2O3S. The van der Waals surface area contributed by atoms with Crippen molar-refractivity contribution in [1.82, 2.24) is 4.31 Å². The quantitative estimate of drug-likeness (QED) is 0.633. The SMILES string of the molecule is Cc1cc(C)c(S(=O)(=O)N2CCC(C(=O)Nc3cc(C(F)(F)F)ccc3Cl)CC2)c(C)c1. The van der Waals surface area contributed by atoms with E-state index in [1.807, 2.05) is 19.1 Å². The normalized spacial score (nSPS) is 16.2. The molecule has 0 aliphatic carbocycles. The number of piperidine rings is 1. The molecule has 1 aliphatic rings. The molecular weight excluding hydrogens is 465 g/mol. The molecule has 2 aromatic carbocycles. The number of hydrogen-bond acceptors (Lipinski definition) is 3. The van der Waals surface area contributed by atoms with Gasteiger partial charge in [0, 0.05) is 19.0 Å². The smallest absolute Gasteiger partial charge is 0.325 e. The highest BCUT2D eigenvalue weighted by atomic mass is 35.5. The van der Waals surface area contributed by atoms with Crippen LogP contribution in [-0.4, -0.2) is 31.7 Å². The van der Waals surface area contributed by atoms with Gasteiger partial charge in [-0.25, -0.2) is 8.42 Å². The van der Waals surface area contributed by atoms with Crippen molar-refractivity contribution in [3.8, 4) is 0 Å². The lowest BCUT2D eigenvalue weighted by atomic mass is 9.97. The van der Waals surface area contributed by atoms with Crippen LogP contribution in [0, 0.1) is 26.7 Å². The molecule has 2 aromatic rings. The maximum absolute atomic E-state index is 13.2. The number of halogens is 4. The number of sulfonamides is 1. The Bertz CT molecular complexity index is 1120. The van der Waals surface area contributed by atoms with Crippen LogP contribution in [-0.2, 0) is 21.0 Å². The predicted octanol–water partition coefficient (Wildman–Crippen LogP) is 5.32. The molecule has 1 aliphatic heterocycles. The summed E-state index contributed by atoms with van der Waals surface area (Å²) in [6, 6.07) is 6.36. The van der Waals surface area contributed by atoms with Crippen molar-refractivity contribution in [2.75, 3.05) is 18.4 Å². The highest BCUT2D eigenvalue weighted by molar-refractivity contribution is 7.89. The van der Waals surface area contributed by atoms with Gasteiger partial charge in [-0.15, -0.1) is 0 Å². The molecule has 0 radical (unpaired) electrons. The summed E-state index contributed by atoms with van der Waals surface area (Å²) in [6.07, 6.45) is -4.05. The van der Waals surface area contributed by atoms with Gasteiger partial charge in [0.25, 0.3) is 0 Å². The maximum atomic E-state index is 13.2. The van der Waals surface area contributed by atoms with Gasteiger partial charge in [-0.05, 0) is 62.9 Å². The van der Waals surface area contributed by atoms with Crippen molar-refractivity contribution in [2.24, 2.45) is 5.92 Å². The standard InChI is InChI=1S/C22H24ClF3N2O3S/c1-13-10-14(2)20(15(3)11-13)32(30,31)28-8-6-16(7-9-28)21(29)27-19-12-17(22(24,25)26)4-5-18(19)23/h4-5,10-12,16H,6-9H2,1-3H3,(H,27,29). The fourth-order valence-corrected chi connectivity index (χ4v) is 6.14. The molecule has 5 nitrogen and oxygen atoms in total. The molecule has 3 rings (SSSR count). The van der Waals surface area contributed by atoms with Gasteiger partial charge in [0.2, 0.25) is 15.9 Å². The van der Waals surface area contributed by atoms with Gasteiger partial charge in [-0.1, -0.05) is 29.3 Å². The third-order valence-corrected chi connectivity index (χ3v) is 8.11. The fourth-order valence-electron chi connectivity index (χ4n) is 4.09. The molecule has 0 atom stereocenters. The van der Waals surface area contributed by atoms with Crippen molar-refractivity contribution in [2.45, 2.75) is 44.7 Å². The molecule has 1 heterocycles. The number of rotatable bonds is 4. The minimum Gasteiger partial charge on any atom is -0.325 e. The Kier molecular flexibility index (Phi) is 6.93. The molecule has 0 spiro atoms. The molecule has 0 aromatic heterocycles. The number of hydrogen-bond donors (Lipinski definition) is 1. The van der Waals surface area contributed by atoms with Crippen LogP contribution in [0.15, 0.2) is 35.2 Å². The Morgan fingerprint density at radius 3 is 2.16 bits per heavy atom. The number of nitrogens with one attached hydrogen (secondary N) is 1. The van der Waals surface area contributed by atoms with Gasteiger partial charge < -0.3 is 5.32 Å². The highest BCUT2D eigenvalue weighted by Crippen LogP contribution is 2.35. The van der Waals surface area contributed by atoms with Crippen LogP contribution < -0.4 is 5.32 Å². The molecule has 0 saturated carbocycles. The lowest BCUT2D eigenvalue weighted by Crippen LogP contribution is -2.41. The Morgan fingerprint density at radius 1 is 1.06 bits per heavy atom. The second-order valence-electron chi connectivity index (χ2n) is 8.09. The molecule has 10 heteroatoms. The summed E-state index contributed by atoms with van der Waals surface area (Å²) in [6.45, 7) is 5.70. The Labute approximate surface area is 190 Å². The van der Waals surface area contributed by atoms with Crippen LogP contribution in [0.2, 0.25) is 5.02 Å². The summed E-state index contributed by atoms with van der Waals surface area (Å²) < 4.78 is 66.6. The molecule has 0 bridgehead atoms. The molecule has 1 N–H and O–H groups in total. The monoisotopic (exact) mass is 488 g/mol. The van der Waals surface area contributed by atoms with Crippen molar-refractivity contribution in [1.29, 1.82) is 0 Å². The van der Waals surface area contributed by atoms with Crippen molar-refractivity contribution in [3.63, 3.8) is 0 Å². The first-order valence-electron chi connectivity index (χ1n) is 10.1. The van der Waals surface area contributed by atoms with Crippen molar-refractivity contribution < 1.29 is 26.4 Å². The predicted molar refractivity (Wildman–Crippen MR) is 117 cm³/mol. The first-order chi connectivity index (χ1) is 14.8. The van der Waals surface area contributed by atoms with Crippen LogP contribution in [0.5, 0.6) is 0 Å². The first-order valence-corrected chi connectivity index (χ1v) is 11.9. The fraction of sp³-hybridized carbons (Fsp3) is 0.409. The summed E-state index contributed by atoms with van der Waals surface area (Å²) in [5.41, 5.74) is 1.28. The zero-order chi connectivity index (χ0) is 23.8. The van der Waals surface area contributed by atoms with E-state index in [-0.39, 0.29) is 41.5 Å². The number of aryl methyl sites for hydroxylation is 3. The van der Waals surface area contributed by atoms with Gasteiger partial charge in [0.15, 0.2) is 0 Å². The second kappa shape index (κ2) is 9.03. The van der Waals surface area contributed by atoms with Gasteiger partial charge >= 0.3 is 6.18 Å². The van der Waals surface area contributed by atoms with Crippen LogP contribution in [0.1, 0.15) is 35.1 Å². The molecule has 174 valence electrons. The van der Waals surface area contributed by atoms with Crippen molar-refractivity contribution in [3.05, 3.63) is 57.6 Å². The number of nitrogens with zero attached hydrogens (tertiary/aromatic N) is 1. The molecule has 32 heavy (non-hydrogen) atoms. The van der Waals surface area contributed by atoms with Gasteiger partial charge in [-0.2, -0.15) is 17.5 Å². The summed E-state index contributed by atoms with van der Waals surface area (Å²) in [5, 5.41) is 2.46. The van der Waals surface area contributed by atoms with Gasteiger partial charge in [0.05, 0.1) is 21.2 Å². The molecule has 1 saturated heterocycles. The van der Waals surface area contributed by atoms with E-state index in [1.54, 1.807) is 13.8 Å². The van der Waals surface area contributed by atoms with Crippen LogP contribution in [0.4, 0.5) is 18.9 Å². The number of benzene rings is 2. The van der Waals surface area contributed by atoms with E-state index < -0.39 is 33.6 Å². The van der Waals surface area contributed by atoms with Crippen LogP contribution in [0.25, 0.3) is 0 Å². The Hall–Kier alpha value is -2.10. The minimum atomic E-state index is -4.56. The van der Waals surface area contributed by atoms with Crippen molar-refractivity contribution >= 4 is 33.2 Å². The lowest BCUT2D eigenvalue weighted by molar-refractivity contribution is -0.137. The topological polar surface area (TPSA) is 66.5 Å². The van der Waals surface area contributed by atoms with E-state index in [1.165, 1.54) is 4.31 Å². The Morgan fingerprint density at radius 2 is 1.62 bits per heavy atom. The molecule has 0 unspecified atom stereocenters. The van der Waals surface area contributed by atoms with E-state index in [0.717, 1.165) is 23.8 Å². The number of anilines is 1. The highest BCUT2D eigenvalue weighted by Gasteiger charge is 2.35. The average molecular weight is 489 g/mol. The summed E-state index contributed by atoms with van der Waals surface area (Å²) in [7, 11) is -3.72. The zero-order valence-corrected chi connectivity index (χ0v) is 19.5. The summed E-state index contributed by atoms with van der Waals surface area (Å²) in [5.74, 6) is -1.02.